The summed E-state index contributed by atoms with van der Waals surface area (Å²) in [6.07, 6.45) is 0.414. The van der Waals surface area contributed by atoms with Crippen LogP contribution in [-0.2, 0) is 9.53 Å². The second kappa shape index (κ2) is 5.58. The quantitative estimate of drug-likeness (QED) is 0.648. The molecule has 1 aromatic carbocycles. The Labute approximate surface area is 108 Å². The summed E-state index contributed by atoms with van der Waals surface area (Å²) in [6.45, 7) is 0. The van der Waals surface area contributed by atoms with E-state index in [1.54, 1.807) is 0 Å². The van der Waals surface area contributed by atoms with Crippen molar-refractivity contribution in [1.82, 2.24) is 0 Å². The number of hydrogen-bond acceptors (Lipinski definition) is 4. The van der Waals surface area contributed by atoms with Crippen LogP contribution in [-0.4, -0.2) is 29.0 Å². The van der Waals surface area contributed by atoms with Gasteiger partial charge in [0, 0.05) is 16.3 Å². The van der Waals surface area contributed by atoms with Crippen LogP contribution < -0.4 is 5.73 Å². The van der Waals surface area contributed by atoms with Gasteiger partial charge >= 0.3 is 5.97 Å². The molecule has 1 heterocycles. The number of halogens is 1. The highest BCUT2D eigenvalue weighted by molar-refractivity contribution is 7.99. The number of nitrogen functional groups attached to an aromatic ring is 1. The first-order valence-corrected chi connectivity index (χ1v) is 6.61. The Bertz CT molecular complexity index is 455. The first-order valence-electron chi connectivity index (χ1n) is 5.62. The van der Waals surface area contributed by atoms with E-state index >= 15 is 0 Å². The standard InChI is InChI=1S/C12H14FNO3S/c13-7-1-3-9(14)11(5-7)18-6-8-2-4-10(17-8)12(15)16/h1,3,5,8,10H,2,4,6,14H2,(H,15,16). The fourth-order valence-electron chi connectivity index (χ4n) is 1.83. The molecule has 4 nitrogen and oxygen atoms in total. The molecule has 2 atom stereocenters. The lowest BCUT2D eigenvalue weighted by Crippen LogP contribution is -2.21. The van der Waals surface area contributed by atoms with Gasteiger partial charge in [0.05, 0.1) is 6.10 Å². The van der Waals surface area contributed by atoms with Gasteiger partial charge in [-0.3, -0.25) is 0 Å². The minimum Gasteiger partial charge on any atom is -0.479 e. The van der Waals surface area contributed by atoms with E-state index in [9.17, 15) is 9.18 Å². The van der Waals surface area contributed by atoms with Gasteiger partial charge in [-0.15, -0.1) is 11.8 Å². The summed E-state index contributed by atoms with van der Waals surface area (Å²) in [5.74, 6) is -0.674. The number of carboxylic acids is 1. The van der Waals surface area contributed by atoms with Crippen molar-refractivity contribution >= 4 is 23.4 Å². The van der Waals surface area contributed by atoms with Crippen molar-refractivity contribution in [3.63, 3.8) is 0 Å². The molecule has 1 aliphatic heterocycles. The van der Waals surface area contributed by atoms with Gasteiger partial charge in [-0.1, -0.05) is 0 Å². The fraction of sp³-hybridized carbons (Fsp3) is 0.417. The van der Waals surface area contributed by atoms with Crippen molar-refractivity contribution in [3.05, 3.63) is 24.0 Å². The van der Waals surface area contributed by atoms with E-state index in [-0.39, 0.29) is 11.9 Å². The molecule has 1 aliphatic rings. The van der Waals surface area contributed by atoms with Crippen LogP contribution in [0.3, 0.4) is 0 Å². The Morgan fingerprint density at radius 2 is 2.33 bits per heavy atom. The molecular formula is C12H14FNO3S. The van der Waals surface area contributed by atoms with Crippen LogP contribution in [0.25, 0.3) is 0 Å². The molecule has 6 heteroatoms. The maximum absolute atomic E-state index is 13.0. The molecule has 1 saturated heterocycles. The number of thioether (sulfide) groups is 1. The Balaban J connectivity index is 1.89. The van der Waals surface area contributed by atoms with Gasteiger partial charge in [-0.25, -0.2) is 9.18 Å². The predicted octanol–water partition coefficient (Wildman–Crippen LogP) is 2.13. The fourth-order valence-corrected chi connectivity index (χ4v) is 2.87. The highest BCUT2D eigenvalue weighted by Gasteiger charge is 2.30. The first-order chi connectivity index (χ1) is 8.56. The average Bonchev–Trinajstić information content (AvgIpc) is 2.79. The van der Waals surface area contributed by atoms with Crippen LogP contribution in [0, 0.1) is 5.82 Å². The Hall–Kier alpha value is -1.27. The summed E-state index contributed by atoms with van der Waals surface area (Å²) >= 11 is 1.39. The summed E-state index contributed by atoms with van der Waals surface area (Å²) in [5.41, 5.74) is 6.25. The summed E-state index contributed by atoms with van der Waals surface area (Å²) in [5, 5.41) is 8.80. The molecule has 98 valence electrons. The average molecular weight is 271 g/mol. The van der Waals surface area contributed by atoms with Gasteiger partial charge in [0.15, 0.2) is 6.10 Å². The zero-order chi connectivity index (χ0) is 13.1. The van der Waals surface area contributed by atoms with Crippen LogP contribution >= 0.6 is 11.8 Å². The van der Waals surface area contributed by atoms with Gasteiger partial charge in [-0.05, 0) is 31.0 Å². The molecule has 0 spiro atoms. The number of anilines is 1. The van der Waals surface area contributed by atoms with Gasteiger partial charge < -0.3 is 15.6 Å². The van der Waals surface area contributed by atoms with Gasteiger partial charge in [0.2, 0.25) is 0 Å². The highest BCUT2D eigenvalue weighted by atomic mass is 32.2. The van der Waals surface area contributed by atoms with Crippen molar-refractivity contribution in [2.75, 3.05) is 11.5 Å². The maximum atomic E-state index is 13.0. The zero-order valence-electron chi connectivity index (χ0n) is 9.64. The summed E-state index contributed by atoms with van der Waals surface area (Å²) in [6, 6.07) is 4.21. The lowest BCUT2D eigenvalue weighted by molar-refractivity contribution is -0.148. The van der Waals surface area contributed by atoms with Crippen LogP contribution in [0.4, 0.5) is 10.1 Å². The number of aliphatic carboxylic acids is 1. The van der Waals surface area contributed by atoms with E-state index in [0.717, 1.165) is 0 Å². The normalized spacial score (nSPS) is 23.2. The molecule has 3 N–H and O–H groups in total. The Kier molecular flexibility index (Phi) is 4.08. The number of hydrogen-bond donors (Lipinski definition) is 2. The number of ether oxygens (including phenoxy) is 1. The number of rotatable bonds is 4. The highest BCUT2D eigenvalue weighted by Crippen LogP contribution is 2.30. The number of nitrogens with two attached hydrogens (primary N) is 1. The van der Waals surface area contributed by atoms with E-state index < -0.39 is 12.1 Å². The van der Waals surface area contributed by atoms with Crippen molar-refractivity contribution in [1.29, 1.82) is 0 Å². The van der Waals surface area contributed by atoms with E-state index in [0.29, 0.717) is 29.2 Å². The topological polar surface area (TPSA) is 72.6 Å². The van der Waals surface area contributed by atoms with E-state index in [2.05, 4.69) is 0 Å². The third kappa shape index (κ3) is 3.14. The minimum atomic E-state index is -0.923. The second-order valence-corrected chi connectivity index (χ2v) is 5.22. The third-order valence-electron chi connectivity index (χ3n) is 2.78. The molecule has 2 rings (SSSR count). The van der Waals surface area contributed by atoms with Crippen LogP contribution in [0.1, 0.15) is 12.8 Å². The number of carboxylic acid groups (broad SMARTS) is 1. The zero-order valence-corrected chi connectivity index (χ0v) is 10.5. The van der Waals surface area contributed by atoms with Crippen LogP contribution in [0.2, 0.25) is 0 Å². The monoisotopic (exact) mass is 271 g/mol. The van der Waals surface area contributed by atoms with Crippen molar-refractivity contribution in [3.8, 4) is 0 Å². The van der Waals surface area contributed by atoms with Crippen LogP contribution in [0.5, 0.6) is 0 Å². The molecule has 18 heavy (non-hydrogen) atoms. The molecule has 1 aromatic rings. The number of carbonyl (C=O) groups is 1. The second-order valence-electron chi connectivity index (χ2n) is 4.16. The van der Waals surface area contributed by atoms with E-state index in [4.69, 9.17) is 15.6 Å². The summed E-state index contributed by atoms with van der Waals surface area (Å²) in [7, 11) is 0. The molecule has 0 bridgehead atoms. The molecule has 0 aromatic heterocycles. The molecule has 0 aliphatic carbocycles. The SMILES string of the molecule is Nc1ccc(F)cc1SCC1CCC(C(=O)O)O1. The molecule has 0 radical (unpaired) electrons. The lowest BCUT2D eigenvalue weighted by atomic mass is 10.2. The summed E-state index contributed by atoms with van der Waals surface area (Å²) < 4.78 is 18.4. The largest absolute Gasteiger partial charge is 0.479 e. The maximum Gasteiger partial charge on any atom is 0.332 e. The van der Waals surface area contributed by atoms with Crippen molar-refractivity contribution in [2.24, 2.45) is 0 Å². The molecule has 0 amide bonds. The van der Waals surface area contributed by atoms with Gasteiger partial charge in [0.1, 0.15) is 5.82 Å². The van der Waals surface area contributed by atoms with Gasteiger partial charge in [0.25, 0.3) is 0 Å². The Morgan fingerprint density at radius 3 is 3.00 bits per heavy atom. The van der Waals surface area contributed by atoms with E-state index in [1.807, 2.05) is 0 Å². The van der Waals surface area contributed by atoms with Crippen LogP contribution in [0.15, 0.2) is 23.1 Å². The molecule has 1 fully saturated rings. The smallest absolute Gasteiger partial charge is 0.332 e. The predicted molar refractivity (Wildman–Crippen MR) is 67.1 cm³/mol. The first kappa shape index (κ1) is 13.2. The molecule has 0 saturated carbocycles. The number of benzene rings is 1. The van der Waals surface area contributed by atoms with Crippen molar-refractivity contribution in [2.45, 2.75) is 29.9 Å². The van der Waals surface area contributed by atoms with Crippen molar-refractivity contribution < 1.29 is 19.0 Å². The third-order valence-corrected chi connectivity index (χ3v) is 3.99. The van der Waals surface area contributed by atoms with Gasteiger partial charge in [-0.2, -0.15) is 0 Å². The lowest BCUT2D eigenvalue weighted by Gasteiger charge is -2.11. The summed E-state index contributed by atoms with van der Waals surface area (Å²) in [4.78, 5) is 11.4. The Morgan fingerprint density at radius 1 is 1.56 bits per heavy atom. The molecular weight excluding hydrogens is 257 g/mol. The minimum absolute atomic E-state index is 0.112. The van der Waals surface area contributed by atoms with E-state index in [1.165, 1.54) is 30.0 Å². The molecule has 2 unspecified atom stereocenters.